The van der Waals surface area contributed by atoms with Gasteiger partial charge in [-0.15, -0.1) is 0 Å². The highest BCUT2D eigenvalue weighted by Gasteiger charge is 2.07. The number of benzene rings is 2. The van der Waals surface area contributed by atoms with Crippen molar-refractivity contribution in [3.05, 3.63) is 71.9 Å². The Morgan fingerprint density at radius 1 is 1.05 bits per heavy atom. The molecule has 1 heterocycles. The molecular weight excluding hydrogens is 260 g/mol. The van der Waals surface area contributed by atoms with Gasteiger partial charge >= 0.3 is 0 Å². The van der Waals surface area contributed by atoms with Gasteiger partial charge in [0.1, 0.15) is 0 Å². The first-order valence-electron chi connectivity index (χ1n) is 6.92. The van der Waals surface area contributed by atoms with Gasteiger partial charge < -0.3 is 5.32 Å². The van der Waals surface area contributed by atoms with Crippen LogP contribution in [-0.2, 0) is 0 Å². The number of hydrogen-bond acceptors (Lipinski definition) is 3. The molecule has 0 saturated heterocycles. The number of carbonyl (C=O) groups is 1. The van der Waals surface area contributed by atoms with Crippen LogP contribution < -0.4 is 5.32 Å². The SMILES string of the molecule is Cc1ccc2cc(C(=O)CNc3ccccc3)ccc2n1. The Kier molecular flexibility index (Phi) is 3.65. The molecule has 3 heteroatoms. The number of carbonyl (C=O) groups excluding carboxylic acids is 1. The maximum Gasteiger partial charge on any atom is 0.181 e. The Morgan fingerprint density at radius 3 is 2.67 bits per heavy atom. The molecule has 21 heavy (non-hydrogen) atoms. The van der Waals surface area contributed by atoms with E-state index in [0.29, 0.717) is 5.56 Å². The monoisotopic (exact) mass is 276 g/mol. The van der Waals surface area contributed by atoms with Crippen LogP contribution in [0.25, 0.3) is 10.9 Å². The van der Waals surface area contributed by atoms with E-state index in [1.165, 1.54) is 0 Å². The molecule has 3 nitrogen and oxygen atoms in total. The highest BCUT2D eigenvalue weighted by atomic mass is 16.1. The molecule has 3 aromatic rings. The van der Waals surface area contributed by atoms with E-state index in [2.05, 4.69) is 10.3 Å². The van der Waals surface area contributed by atoms with Crippen molar-refractivity contribution in [3.8, 4) is 0 Å². The molecular formula is C18H16N2O. The maximum atomic E-state index is 12.2. The van der Waals surface area contributed by atoms with Crippen molar-refractivity contribution in [2.45, 2.75) is 6.92 Å². The number of rotatable bonds is 4. The van der Waals surface area contributed by atoms with E-state index < -0.39 is 0 Å². The first kappa shape index (κ1) is 13.3. The fourth-order valence-corrected chi connectivity index (χ4v) is 2.24. The van der Waals surface area contributed by atoms with Crippen molar-refractivity contribution in [2.24, 2.45) is 0 Å². The highest BCUT2D eigenvalue weighted by Crippen LogP contribution is 2.15. The Balaban J connectivity index is 1.77. The van der Waals surface area contributed by atoms with Crippen molar-refractivity contribution in [1.29, 1.82) is 0 Å². The van der Waals surface area contributed by atoms with Gasteiger partial charge in [0.05, 0.1) is 12.1 Å². The molecule has 0 radical (unpaired) electrons. The molecule has 0 aliphatic carbocycles. The summed E-state index contributed by atoms with van der Waals surface area (Å²) >= 11 is 0. The average Bonchev–Trinajstić information content (AvgIpc) is 2.53. The molecule has 2 aromatic carbocycles. The minimum absolute atomic E-state index is 0.0707. The summed E-state index contributed by atoms with van der Waals surface area (Å²) in [5.41, 5.74) is 3.55. The van der Waals surface area contributed by atoms with Gasteiger partial charge in [-0.3, -0.25) is 9.78 Å². The zero-order chi connectivity index (χ0) is 14.7. The fraction of sp³-hybridized carbons (Fsp3) is 0.111. The third-order valence-corrected chi connectivity index (χ3v) is 3.38. The minimum atomic E-state index is 0.0707. The summed E-state index contributed by atoms with van der Waals surface area (Å²) < 4.78 is 0. The van der Waals surface area contributed by atoms with Gasteiger partial charge in [-0.25, -0.2) is 0 Å². The summed E-state index contributed by atoms with van der Waals surface area (Å²) in [5.74, 6) is 0.0707. The molecule has 1 N–H and O–H groups in total. The third-order valence-electron chi connectivity index (χ3n) is 3.38. The number of aromatic nitrogens is 1. The standard InChI is InChI=1S/C18H16N2O/c1-13-7-8-14-11-15(9-10-17(14)20-13)18(21)12-19-16-5-3-2-4-6-16/h2-11,19H,12H2,1H3. The molecule has 0 spiro atoms. The second-order valence-corrected chi connectivity index (χ2v) is 5.00. The summed E-state index contributed by atoms with van der Waals surface area (Å²) in [7, 11) is 0. The number of ketones is 1. The molecule has 0 fully saturated rings. The number of aryl methyl sites for hydroxylation is 1. The summed E-state index contributed by atoms with van der Waals surface area (Å²) in [6, 6.07) is 19.3. The molecule has 0 atom stereocenters. The van der Waals surface area contributed by atoms with E-state index in [-0.39, 0.29) is 12.3 Å². The smallest absolute Gasteiger partial charge is 0.181 e. The minimum Gasteiger partial charge on any atom is -0.378 e. The lowest BCUT2D eigenvalue weighted by atomic mass is 10.1. The molecule has 0 unspecified atom stereocenters. The predicted molar refractivity (Wildman–Crippen MR) is 85.7 cm³/mol. The zero-order valence-electron chi connectivity index (χ0n) is 11.8. The van der Waals surface area contributed by atoms with E-state index >= 15 is 0 Å². The molecule has 0 aliphatic rings. The molecule has 0 aliphatic heterocycles. The van der Waals surface area contributed by atoms with Crippen LogP contribution in [-0.4, -0.2) is 17.3 Å². The van der Waals surface area contributed by atoms with Crippen LogP contribution in [0.4, 0.5) is 5.69 Å². The van der Waals surface area contributed by atoms with Crippen LogP contribution in [0.1, 0.15) is 16.1 Å². The second-order valence-electron chi connectivity index (χ2n) is 5.00. The topological polar surface area (TPSA) is 42.0 Å². The van der Waals surface area contributed by atoms with Crippen molar-refractivity contribution < 1.29 is 4.79 Å². The summed E-state index contributed by atoms with van der Waals surface area (Å²) in [4.78, 5) is 16.7. The Bertz CT molecular complexity index is 782. The highest BCUT2D eigenvalue weighted by molar-refractivity contribution is 6.01. The van der Waals surface area contributed by atoms with Crippen molar-refractivity contribution >= 4 is 22.4 Å². The first-order valence-corrected chi connectivity index (χ1v) is 6.92. The average molecular weight is 276 g/mol. The molecule has 0 amide bonds. The van der Waals surface area contributed by atoms with Crippen molar-refractivity contribution in [3.63, 3.8) is 0 Å². The summed E-state index contributed by atoms with van der Waals surface area (Å²) in [6.45, 7) is 2.25. The molecule has 0 bridgehead atoms. The van der Waals surface area contributed by atoms with Crippen molar-refractivity contribution in [1.82, 2.24) is 4.98 Å². The van der Waals surface area contributed by atoms with E-state index in [0.717, 1.165) is 22.3 Å². The Labute approximate surface area is 123 Å². The van der Waals surface area contributed by atoms with Crippen LogP contribution >= 0.6 is 0 Å². The van der Waals surface area contributed by atoms with Crippen LogP contribution in [0.3, 0.4) is 0 Å². The largest absolute Gasteiger partial charge is 0.378 e. The quantitative estimate of drug-likeness (QED) is 0.736. The van der Waals surface area contributed by atoms with Gasteiger partial charge in [0.2, 0.25) is 0 Å². The van der Waals surface area contributed by atoms with Crippen LogP contribution in [0.2, 0.25) is 0 Å². The normalized spacial score (nSPS) is 10.5. The van der Waals surface area contributed by atoms with Gasteiger partial charge in [0, 0.05) is 22.3 Å². The number of pyridine rings is 1. The third kappa shape index (κ3) is 3.08. The summed E-state index contributed by atoms with van der Waals surface area (Å²) in [6.07, 6.45) is 0. The first-order chi connectivity index (χ1) is 10.2. The number of para-hydroxylation sites is 1. The number of nitrogens with zero attached hydrogens (tertiary/aromatic N) is 1. The molecule has 1 aromatic heterocycles. The Morgan fingerprint density at radius 2 is 1.86 bits per heavy atom. The van der Waals surface area contributed by atoms with Gasteiger partial charge in [-0.2, -0.15) is 0 Å². The second kappa shape index (κ2) is 5.75. The van der Waals surface area contributed by atoms with E-state index in [4.69, 9.17) is 0 Å². The van der Waals surface area contributed by atoms with Gasteiger partial charge in [0.15, 0.2) is 5.78 Å². The zero-order valence-corrected chi connectivity index (χ0v) is 11.8. The number of hydrogen-bond donors (Lipinski definition) is 1. The van der Waals surface area contributed by atoms with Crippen LogP contribution in [0.15, 0.2) is 60.7 Å². The Hall–Kier alpha value is -2.68. The lowest BCUT2D eigenvalue weighted by Crippen LogP contribution is -2.13. The number of Topliss-reactive ketones (excluding diaryl/α,β-unsaturated/α-hetero) is 1. The maximum absolute atomic E-state index is 12.2. The number of nitrogens with one attached hydrogen (secondary N) is 1. The lowest BCUT2D eigenvalue weighted by Gasteiger charge is -2.06. The van der Waals surface area contributed by atoms with E-state index in [9.17, 15) is 4.79 Å². The molecule has 104 valence electrons. The number of fused-ring (bicyclic) bond motifs is 1. The fourth-order valence-electron chi connectivity index (χ4n) is 2.24. The lowest BCUT2D eigenvalue weighted by molar-refractivity contribution is 0.101. The summed E-state index contributed by atoms with van der Waals surface area (Å²) in [5, 5.41) is 4.13. The molecule has 3 rings (SSSR count). The van der Waals surface area contributed by atoms with Gasteiger partial charge in [-0.1, -0.05) is 24.3 Å². The van der Waals surface area contributed by atoms with Crippen LogP contribution in [0, 0.1) is 6.92 Å². The van der Waals surface area contributed by atoms with Gasteiger partial charge in [-0.05, 0) is 43.3 Å². The van der Waals surface area contributed by atoms with Crippen molar-refractivity contribution in [2.75, 3.05) is 11.9 Å². The van der Waals surface area contributed by atoms with Gasteiger partial charge in [0.25, 0.3) is 0 Å². The number of anilines is 1. The van der Waals surface area contributed by atoms with E-state index in [1.807, 2.05) is 67.6 Å². The molecule has 0 saturated carbocycles. The van der Waals surface area contributed by atoms with Crippen LogP contribution in [0.5, 0.6) is 0 Å². The predicted octanol–water partition coefficient (Wildman–Crippen LogP) is 3.84. The van der Waals surface area contributed by atoms with E-state index in [1.54, 1.807) is 0 Å².